The zero-order valence-corrected chi connectivity index (χ0v) is 10.7. The number of aliphatic hydroxyl groups is 1. The fourth-order valence-electron chi connectivity index (χ4n) is 2.57. The Bertz CT molecular complexity index is 526. The van der Waals surface area contributed by atoms with E-state index in [1.807, 2.05) is 12.1 Å². The summed E-state index contributed by atoms with van der Waals surface area (Å²) in [5.41, 5.74) is 1.05. The van der Waals surface area contributed by atoms with E-state index in [-0.39, 0.29) is 12.0 Å². The quantitative estimate of drug-likeness (QED) is 0.913. The molecule has 0 radical (unpaired) electrons. The molecule has 0 amide bonds. The predicted octanol–water partition coefficient (Wildman–Crippen LogP) is 2.07. The Kier molecular flexibility index (Phi) is 3.55. The van der Waals surface area contributed by atoms with Gasteiger partial charge in [-0.15, -0.1) is 0 Å². The van der Waals surface area contributed by atoms with Gasteiger partial charge in [0.05, 0.1) is 12.0 Å². The van der Waals surface area contributed by atoms with E-state index in [4.69, 9.17) is 4.52 Å². The molecule has 100 valence electrons. The molecule has 0 bridgehead atoms. The Balaban J connectivity index is 1.72. The van der Waals surface area contributed by atoms with Crippen LogP contribution in [0.5, 0.6) is 0 Å². The van der Waals surface area contributed by atoms with E-state index in [1.165, 1.54) is 0 Å². The average molecular weight is 259 g/mol. The van der Waals surface area contributed by atoms with Crippen LogP contribution in [0.3, 0.4) is 0 Å². The van der Waals surface area contributed by atoms with E-state index < -0.39 is 0 Å². The van der Waals surface area contributed by atoms with E-state index in [1.54, 1.807) is 12.4 Å². The Morgan fingerprint density at radius 3 is 3.00 bits per heavy atom. The van der Waals surface area contributed by atoms with Gasteiger partial charge in [-0.25, -0.2) is 0 Å². The monoisotopic (exact) mass is 259 g/mol. The van der Waals surface area contributed by atoms with Gasteiger partial charge in [0.1, 0.15) is 0 Å². The normalized spacial score (nSPS) is 23.4. The first-order valence-electron chi connectivity index (χ1n) is 6.72. The van der Waals surface area contributed by atoms with Crippen molar-refractivity contribution in [2.45, 2.75) is 44.1 Å². The van der Waals surface area contributed by atoms with E-state index in [0.29, 0.717) is 18.1 Å². The van der Waals surface area contributed by atoms with Gasteiger partial charge in [0.15, 0.2) is 5.82 Å². The summed E-state index contributed by atoms with van der Waals surface area (Å²) in [7, 11) is 0. The molecule has 1 aliphatic carbocycles. The molecule has 1 fully saturated rings. The lowest BCUT2D eigenvalue weighted by molar-refractivity contribution is 0.0908. The summed E-state index contributed by atoms with van der Waals surface area (Å²) in [5, 5.41) is 14.0. The number of nitrogens with zero attached hydrogens (tertiary/aromatic N) is 3. The van der Waals surface area contributed by atoms with Gasteiger partial charge in [0.2, 0.25) is 5.89 Å². The smallest absolute Gasteiger partial charge is 0.232 e. The maximum absolute atomic E-state index is 9.98. The summed E-state index contributed by atoms with van der Waals surface area (Å²) in [5.74, 6) is 1.23. The molecule has 0 spiro atoms. The highest BCUT2D eigenvalue weighted by Gasteiger charge is 2.29. The lowest BCUT2D eigenvalue weighted by atomic mass is 9.86. The first kappa shape index (κ1) is 12.3. The molecule has 0 aromatic carbocycles. The van der Waals surface area contributed by atoms with E-state index >= 15 is 0 Å². The van der Waals surface area contributed by atoms with Crippen molar-refractivity contribution in [1.82, 2.24) is 15.1 Å². The Morgan fingerprint density at radius 1 is 1.32 bits per heavy atom. The predicted molar refractivity (Wildman–Crippen MR) is 68.6 cm³/mol. The molecule has 1 saturated carbocycles. The van der Waals surface area contributed by atoms with Crippen LogP contribution in [0.25, 0.3) is 0 Å². The van der Waals surface area contributed by atoms with Crippen molar-refractivity contribution >= 4 is 0 Å². The number of rotatable bonds is 3. The molecule has 5 heteroatoms. The van der Waals surface area contributed by atoms with E-state index in [9.17, 15) is 5.11 Å². The molecule has 3 rings (SSSR count). The van der Waals surface area contributed by atoms with Crippen LogP contribution in [-0.2, 0) is 6.42 Å². The number of hydrogen-bond acceptors (Lipinski definition) is 5. The average Bonchev–Trinajstić information content (AvgIpc) is 2.89. The first-order chi connectivity index (χ1) is 9.33. The van der Waals surface area contributed by atoms with Crippen LogP contribution in [0.1, 0.15) is 48.9 Å². The Morgan fingerprint density at radius 2 is 2.21 bits per heavy atom. The topological polar surface area (TPSA) is 72.0 Å². The minimum Gasteiger partial charge on any atom is -0.392 e. The van der Waals surface area contributed by atoms with E-state index in [2.05, 4.69) is 15.1 Å². The van der Waals surface area contributed by atoms with Crippen molar-refractivity contribution in [2.75, 3.05) is 0 Å². The number of pyridine rings is 1. The van der Waals surface area contributed by atoms with Gasteiger partial charge in [0.25, 0.3) is 0 Å². The maximum Gasteiger partial charge on any atom is 0.232 e. The number of hydrogen-bond donors (Lipinski definition) is 1. The summed E-state index contributed by atoms with van der Waals surface area (Å²) in [4.78, 5) is 8.48. The summed E-state index contributed by atoms with van der Waals surface area (Å²) >= 11 is 0. The molecule has 0 aliphatic heterocycles. The molecule has 0 saturated heterocycles. The molecule has 2 aromatic rings. The molecule has 2 atom stereocenters. The minimum atomic E-state index is -0.347. The van der Waals surface area contributed by atoms with Crippen LogP contribution < -0.4 is 0 Å². The fraction of sp³-hybridized carbons (Fsp3) is 0.500. The van der Waals surface area contributed by atoms with Crippen LogP contribution in [0.4, 0.5) is 0 Å². The summed E-state index contributed by atoms with van der Waals surface area (Å²) in [6.45, 7) is 0. The minimum absolute atomic E-state index is 0.00361. The molecule has 1 N–H and O–H groups in total. The van der Waals surface area contributed by atoms with Crippen LogP contribution >= 0.6 is 0 Å². The van der Waals surface area contributed by atoms with Crippen molar-refractivity contribution in [3.8, 4) is 0 Å². The van der Waals surface area contributed by atoms with Crippen LogP contribution in [-0.4, -0.2) is 26.3 Å². The zero-order chi connectivity index (χ0) is 13.1. The molecule has 2 heterocycles. The maximum atomic E-state index is 9.98. The summed E-state index contributed by atoms with van der Waals surface area (Å²) < 4.78 is 5.31. The van der Waals surface area contributed by atoms with E-state index in [0.717, 1.165) is 31.2 Å². The van der Waals surface area contributed by atoms with Gasteiger partial charge in [-0.1, -0.05) is 24.1 Å². The SMILES string of the molecule is OC1CCCCC1c1nc(Cc2cccnc2)no1. The van der Waals surface area contributed by atoms with Crippen molar-refractivity contribution in [3.63, 3.8) is 0 Å². The summed E-state index contributed by atoms with van der Waals surface area (Å²) in [6, 6.07) is 3.87. The Labute approximate surface area is 111 Å². The van der Waals surface area contributed by atoms with Gasteiger partial charge in [-0.2, -0.15) is 4.98 Å². The second kappa shape index (κ2) is 5.48. The molecule has 2 aromatic heterocycles. The third kappa shape index (κ3) is 2.81. The number of aromatic nitrogens is 3. The standard InChI is InChI=1S/C14H17N3O2/c18-12-6-2-1-5-11(12)14-16-13(17-19-14)8-10-4-3-7-15-9-10/h3-4,7,9,11-12,18H,1-2,5-6,8H2. The summed E-state index contributed by atoms with van der Waals surface area (Å²) in [6.07, 6.45) is 7.74. The van der Waals surface area contributed by atoms with Crippen molar-refractivity contribution < 1.29 is 9.63 Å². The fourth-order valence-corrected chi connectivity index (χ4v) is 2.57. The van der Waals surface area contributed by atoms with Crippen LogP contribution in [0.15, 0.2) is 29.0 Å². The van der Waals surface area contributed by atoms with Gasteiger partial charge >= 0.3 is 0 Å². The molecular formula is C14H17N3O2. The highest BCUT2D eigenvalue weighted by atomic mass is 16.5. The van der Waals surface area contributed by atoms with Crippen LogP contribution in [0, 0.1) is 0 Å². The molecule has 2 unspecified atom stereocenters. The second-order valence-corrected chi connectivity index (χ2v) is 5.05. The zero-order valence-electron chi connectivity index (χ0n) is 10.7. The number of aliphatic hydroxyl groups excluding tert-OH is 1. The lowest BCUT2D eigenvalue weighted by Crippen LogP contribution is -2.22. The van der Waals surface area contributed by atoms with Gasteiger partial charge in [0, 0.05) is 18.8 Å². The third-order valence-electron chi connectivity index (χ3n) is 3.62. The van der Waals surface area contributed by atoms with Gasteiger partial charge < -0.3 is 9.63 Å². The lowest BCUT2D eigenvalue weighted by Gasteiger charge is -2.24. The first-order valence-corrected chi connectivity index (χ1v) is 6.72. The van der Waals surface area contributed by atoms with Gasteiger partial charge in [-0.3, -0.25) is 4.98 Å². The van der Waals surface area contributed by atoms with Gasteiger partial charge in [-0.05, 0) is 24.5 Å². The molecular weight excluding hydrogens is 242 g/mol. The highest BCUT2D eigenvalue weighted by Crippen LogP contribution is 2.32. The van der Waals surface area contributed by atoms with Crippen LogP contribution in [0.2, 0.25) is 0 Å². The van der Waals surface area contributed by atoms with Crippen molar-refractivity contribution in [3.05, 3.63) is 41.8 Å². The van der Waals surface area contributed by atoms with Crippen molar-refractivity contribution in [2.24, 2.45) is 0 Å². The molecule has 19 heavy (non-hydrogen) atoms. The Hall–Kier alpha value is -1.75. The highest BCUT2D eigenvalue weighted by molar-refractivity contribution is 5.14. The third-order valence-corrected chi connectivity index (χ3v) is 3.62. The molecule has 5 nitrogen and oxygen atoms in total. The largest absolute Gasteiger partial charge is 0.392 e. The second-order valence-electron chi connectivity index (χ2n) is 5.05. The molecule has 1 aliphatic rings. The van der Waals surface area contributed by atoms with Crippen molar-refractivity contribution in [1.29, 1.82) is 0 Å².